The van der Waals surface area contributed by atoms with Gasteiger partial charge in [0.25, 0.3) is 0 Å². The van der Waals surface area contributed by atoms with Gasteiger partial charge in [0.2, 0.25) is 0 Å². The monoisotopic (exact) mass is 225 g/mol. The highest BCUT2D eigenvalue weighted by atomic mass is 32.2. The van der Waals surface area contributed by atoms with Crippen molar-refractivity contribution in [1.29, 1.82) is 0 Å². The van der Waals surface area contributed by atoms with Crippen molar-refractivity contribution in [2.45, 2.75) is 38.5 Å². The minimum Gasteiger partial charge on any atom is -0.330 e. The first kappa shape index (κ1) is 11.0. The van der Waals surface area contributed by atoms with Gasteiger partial charge in [-0.15, -0.1) is 11.8 Å². The van der Waals surface area contributed by atoms with E-state index in [4.69, 9.17) is 5.73 Å². The second-order valence-corrected chi connectivity index (χ2v) is 5.39. The maximum Gasteiger partial charge on any atom is 0.0974 e. The Kier molecular flexibility index (Phi) is 3.36. The smallest absolute Gasteiger partial charge is 0.0974 e. The van der Waals surface area contributed by atoms with E-state index in [1.807, 2.05) is 11.8 Å². The molecule has 0 aromatic carbocycles. The first-order valence-electron chi connectivity index (χ1n) is 5.60. The molecule has 1 aliphatic heterocycles. The van der Waals surface area contributed by atoms with Crippen molar-refractivity contribution in [3.05, 3.63) is 17.0 Å². The fourth-order valence-electron chi connectivity index (χ4n) is 2.24. The SMILES string of the molecule is Cc1nn(C2CCCS2)c(C)c1CCN. The van der Waals surface area contributed by atoms with E-state index in [2.05, 4.69) is 23.6 Å². The van der Waals surface area contributed by atoms with Crippen molar-refractivity contribution in [1.82, 2.24) is 9.78 Å². The van der Waals surface area contributed by atoms with E-state index in [1.165, 1.54) is 29.9 Å². The first-order valence-corrected chi connectivity index (χ1v) is 6.65. The van der Waals surface area contributed by atoms with Gasteiger partial charge in [-0.3, -0.25) is 4.68 Å². The van der Waals surface area contributed by atoms with Crippen LogP contribution in [0.1, 0.15) is 35.2 Å². The number of nitrogens with zero attached hydrogens (tertiary/aromatic N) is 2. The van der Waals surface area contributed by atoms with Gasteiger partial charge < -0.3 is 5.73 Å². The lowest BCUT2D eigenvalue weighted by Gasteiger charge is -2.11. The molecule has 0 amide bonds. The van der Waals surface area contributed by atoms with Crippen molar-refractivity contribution in [3.63, 3.8) is 0 Å². The first-order chi connectivity index (χ1) is 7.24. The Morgan fingerprint density at radius 1 is 1.53 bits per heavy atom. The molecule has 2 N–H and O–H groups in total. The lowest BCUT2D eigenvalue weighted by molar-refractivity contribution is 0.560. The van der Waals surface area contributed by atoms with Gasteiger partial charge in [-0.1, -0.05) is 0 Å². The van der Waals surface area contributed by atoms with Crippen molar-refractivity contribution in [2.24, 2.45) is 5.73 Å². The van der Waals surface area contributed by atoms with Gasteiger partial charge in [0.05, 0.1) is 11.1 Å². The second-order valence-electron chi connectivity index (χ2n) is 4.10. The summed E-state index contributed by atoms with van der Waals surface area (Å²) in [5, 5.41) is 5.22. The molecule has 0 aliphatic carbocycles. The lowest BCUT2D eigenvalue weighted by Crippen LogP contribution is -2.07. The van der Waals surface area contributed by atoms with Crippen molar-refractivity contribution < 1.29 is 0 Å². The molecule has 1 saturated heterocycles. The molecule has 1 aromatic rings. The van der Waals surface area contributed by atoms with Crippen LogP contribution in [-0.2, 0) is 6.42 Å². The zero-order valence-corrected chi connectivity index (χ0v) is 10.3. The van der Waals surface area contributed by atoms with Crippen LogP contribution in [-0.4, -0.2) is 22.1 Å². The third kappa shape index (κ3) is 2.06. The Morgan fingerprint density at radius 2 is 2.33 bits per heavy atom. The Hall–Kier alpha value is -0.480. The number of rotatable bonds is 3. The fourth-order valence-corrected chi connectivity index (χ4v) is 3.52. The molecular weight excluding hydrogens is 206 g/mol. The molecule has 0 spiro atoms. The van der Waals surface area contributed by atoms with E-state index < -0.39 is 0 Å². The zero-order valence-electron chi connectivity index (χ0n) is 9.49. The van der Waals surface area contributed by atoms with Crippen LogP contribution in [0.3, 0.4) is 0 Å². The highest BCUT2D eigenvalue weighted by Gasteiger charge is 2.22. The summed E-state index contributed by atoms with van der Waals surface area (Å²) in [6, 6.07) is 0. The summed E-state index contributed by atoms with van der Waals surface area (Å²) in [6.45, 7) is 4.98. The van der Waals surface area contributed by atoms with Crippen LogP contribution in [0.25, 0.3) is 0 Å². The minimum atomic E-state index is 0.565. The van der Waals surface area contributed by atoms with Crippen LogP contribution >= 0.6 is 11.8 Å². The number of thioether (sulfide) groups is 1. The molecular formula is C11H19N3S. The van der Waals surface area contributed by atoms with Gasteiger partial charge in [-0.05, 0) is 51.0 Å². The highest BCUT2D eigenvalue weighted by molar-refractivity contribution is 7.99. The second kappa shape index (κ2) is 4.58. The summed E-state index contributed by atoms with van der Waals surface area (Å²) in [7, 11) is 0. The molecule has 3 nitrogen and oxygen atoms in total. The zero-order chi connectivity index (χ0) is 10.8. The Bertz CT molecular complexity index is 340. The molecule has 1 aliphatic rings. The largest absolute Gasteiger partial charge is 0.330 e. The number of hydrogen-bond donors (Lipinski definition) is 1. The summed E-state index contributed by atoms with van der Waals surface area (Å²) in [5.41, 5.74) is 9.45. The number of aromatic nitrogens is 2. The summed E-state index contributed by atoms with van der Waals surface area (Å²) in [6.07, 6.45) is 3.53. The van der Waals surface area contributed by atoms with Gasteiger partial charge in [-0.25, -0.2) is 0 Å². The molecule has 1 unspecified atom stereocenters. The Labute approximate surface area is 95.4 Å². The predicted octanol–water partition coefficient (Wildman–Crippen LogP) is 2.03. The van der Waals surface area contributed by atoms with E-state index >= 15 is 0 Å². The molecule has 1 atom stereocenters. The van der Waals surface area contributed by atoms with E-state index in [0.717, 1.165) is 12.1 Å². The van der Waals surface area contributed by atoms with E-state index in [1.54, 1.807) is 0 Å². The summed E-state index contributed by atoms with van der Waals surface area (Å²) in [5.74, 6) is 1.27. The van der Waals surface area contributed by atoms with E-state index in [9.17, 15) is 0 Å². The van der Waals surface area contributed by atoms with Gasteiger partial charge in [0, 0.05) is 5.69 Å². The third-order valence-corrected chi connectivity index (χ3v) is 4.39. The summed E-state index contributed by atoms with van der Waals surface area (Å²) >= 11 is 2.02. The lowest BCUT2D eigenvalue weighted by atomic mass is 10.1. The quantitative estimate of drug-likeness (QED) is 0.856. The topological polar surface area (TPSA) is 43.8 Å². The standard InChI is InChI=1S/C11H19N3S/c1-8-10(5-6-12)9(2)14(13-8)11-4-3-7-15-11/h11H,3-7,12H2,1-2H3. The maximum atomic E-state index is 5.62. The van der Waals surface area contributed by atoms with Crippen LogP contribution < -0.4 is 5.73 Å². The van der Waals surface area contributed by atoms with Crippen LogP contribution in [0, 0.1) is 13.8 Å². The maximum absolute atomic E-state index is 5.62. The highest BCUT2D eigenvalue weighted by Crippen LogP contribution is 2.36. The average Bonchev–Trinajstić information content (AvgIpc) is 2.81. The fraction of sp³-hybridized carbons (Fsp3) is 0.727. The average molecular weight is 225 g/mol. The predicted molar refractivity (Wildman–Crippen MR) is 65.2 cm³/mol. The molecule has 84 valence electrons. The molecule has 2 rings (SSSR count). The molecule has 15 heavy (non-hydrogen) atoms. The molecule has 4 heteroatoms. The van der Waals surface area contributed by atoms with Crippen molar-refractivity contribution >= 4 is 11.8 Å². The van der Waals surface area contributed by atoms with Crippen molar-refractivity contribution in [3.8, 4) is 0 Å². The van der Waals surface area contributed by atoms with E-state index in [-0.39, 0.29) is 0 Å². The van der Waals surface area contributed by atoms with Crippen LogP contribution in [0.2, 0.25) is 0 Å². The Morgan fingerprint density at radius 3 is 2.93 bits per heavy atom. The van der Waals surface area contributed by atoms with Gasteiger partial charge >= 0.3 is 0 Å². The molecule has 1 fully saturated rings. The van der Waals surface area contributed by atoms with E-state index in [0.29, 0.717) is 11.9 Å². The van der Waals surface area contributed by atoms with Gasteiger partial charge in [-0.2, -0.15) is 5.10 Å². The molecule has 0 saturated carbocycles. The minimum absolute atomic E-state index is 0.565. The molecule has 1 aromatic heterocycles. The number of hydrogen-bond acceptors (Lipinski definition) is 3. The number of nitrogens with two attached hydrogens (primary N) is 1. The van der Waals surface area contributed by atoms with Gasteiger partial charge in [0.1, 0.15) is 0 Å². The van der Waals surface area contributed by atoms with Crippen LogP contribution in [0.15, 0.2) is 0 Å². The van der Waals surface area contributed by atoms with Gasteiger partial charge in [0.15, 0.2) is 0 Å². The number of aryl methyl sites for hydroxylation is 1. The van der Waals surface area contributed by atoms with Crippen LogP contribution in [0.4, 0.5) is 0 Å². The van der Waals surface area contributed by atoms with Crippen molar-refractivity contribution in [2.75, 3.05) is 12.3 Å². The summed E-state index contributed by atoms with van der Waals surface area (Å²) < 4.78 is 2.21. The van der Waals surface area contributed by atoms with Crippen LogP contribution in [0.5, 0.6) is 0 Å². The summed E-state index contributed by atoms with van der Waals surface area (Å²) in [4.78, 5) is 0. The Balaban J connectivity index is 2.27. The normalized spacial score (nSPS) is 21.1. The molecule has 2 heterocycles. The molecule has 0 bridgehead atoms. The third-order valence-electron chi connectivity index (χ3n) is 3.05. The molecule has 0 radical (unpaired) electrons.